The lowest BCUT2D eigenvalue weighted by atomic mass is 9.80. The number of rotatable bonds is 7. The average molecular weight is 352 g/mol. The van der Waals surface area contributed by atoms with E-state index in [9.17, 15) is 4.79 Å². The number of carbonyl (C=O) groups is 1. The number of benzene rings is 1. The third-order valence-corrected chi connectivity index (χ3v) is 5.75. The molecule has 1 aliphatic rings. The van der Waals surface area contributed by atoms with E-state index in [0.29, 0.717) is 0 Å². The second kappa shape index (κ2) is 7.44. The highest BCUT2D eigenvalue weighted by Crippen LogP contribution is 2.34. The maximum absolute atomic E-state index is 12.7. The Morgan fingerprint density at radius 2 is 1.86 bits per heavy atom. The minimum Gasteiger partial charge on any atom is -0.338 e. The van der Waals surface area contributed by atoms with Crippen molar-refractivity contribution in [3.8, 4) is 0 Å². The van der Waals surface area contributed by atoms with Crippen molar-refractivity contribution in [3.63, 3.8) is 0 Å². The molecule has 116 valence electrons. The quantitative estimate of drug-likeness (QED) is 0.653. The summed E-state index contributed by atoms with van der Waals surface area (Å²) in [6, 6.07) is 8.05. The summed E-state index contributed by atoms with van der Waals surface area (Å²) < 4.78 is 0. The molecule has 1 aromatic carbocycles. The molecule has 0 spiro atoms. The third kappa shape index (κ3) is 3.68. The molecule has 0 aliphatic carbocycles. The number of hydrogen-bond acceptors (Lipinski definition) is 1. The molecule has 0 radical (unpaired) electrons. The number of halogens is 1. The van der Waals surface area contributed by atoms with Crippen LogP contribution in [-0.4, -0.2) is 29.2 Å². The van der Waals surface area contributed by atoms with E-state index in [-0.39, 0.29) is 11.3 Å². The molecule has 0 saturated heterocycles. The smallest absolute Gasteiger partial charge is 0.254 e. The number of carbonyl (C=O) groups excluding carboxylic acids is 1. The van der Waals surface area contributed by atoms with Gasteiger partial charge in [0, 0.05) is 24.0 Å². The Kier molecular flexibility index (Phi) is 5.86. The molecule has 2 rings (SSSR count). The Balaban J connectivity index is 2.17. The van der Waals surface area contributed by atoms with Gasteiger partial charge in [0.15, 0.2) is 0 Å². The molecular weight excluding hydrogens is 326 g/mol. The SMILES string of the molecule is CCCC(CBr)(CCC)CN1CCc2ccccc2C1=O. The average Bonchev–Trinajstić information content (AvgIpc) is 2.51. The van der Waals surface area contributed by atoms with Gasteiger partial charge in [-0.25, -0.2) is 0 Å². The van der Waals surface area contributed by atoms with Crippen molar-refractivity contribution >= 4 is 21.8 Å². The van der Waals surface area contributed by atoms with Crippen LogP contribution in [-0.2, 0) is 6.42 Å². The Bertz CT molecular complexity index is 480. The van der Waals surface area contributed by atoms with Crippen LogP contribution in [0.1, 0.15) is 55.5 Å². The lowest BCUT2D eigenvalue weighted by Gasteiger charge is -2.39. The fraction of sp³-hybridized carbons (Fsp3) is 0.611. The number of fused-ring (bicyclic) bond motifs is 1. The van der Waals surface area contributed by atoms with Crippen molar-refractivity contribution < 1.29 is 4.79 Å². The predicted molar refractivity (Wildman–Crippen MR) is 92.1 cm³/mol. The predicted octanol–water partition coefficient (Wildman–Crippen LogP) is 4.67. The second-order valence-electron chi connectivity index (χ2n) is 6.27. The normalized spacial score (nSPS) is 15.2. The lowest BCUT2D eigenvalue weighted by molar-refractivity contribution is 0.0636. The van der Waals surface area contributed by atoms with E-state index in [4.69, 9.17) is 0 Å². The first-order valence-corrected chi connectivity index (χ1v) is 9.21. The summed E-state index contributed by atoms with van der Waals surface area (Å²) in [5.41, 5.74) is 2.33. The number of amides is 1. The minimum atomic E-state index is 0.217. The molecule has 0 aromatic heterocycles. The molecule has 1 heterocycles. The van der Waals surface area contributed by atoms with Crippen LogP contribution in [0.15, 0.2) is 24.3 Å². The third-order valence-electron chi connectivity index (χ3n) is 4.56. The molecule has 0 fully saturated rings. The van der Waals surface area contributed by atoms with Gasteiger partial charge in [0.2, 0.25) is 0 Å². The second-order valence-corrected chi connectivity index (χ2v) is 6.83. The zero-order valence-electron chi connectivity index (χ0n) is 13.2. The van der Waals surface area contributed by atoms with Gasteiger partial charge in [-0.1, -0.05) is 60.8 Å². The van der Waals surface area contributed by atoms with Crippen molar-refractivity contribution in [2.45, 2.75) is 46.0 Å². The zero-order chi connectivity index (χ0) is 15.3. The first-order chi connectivity index (χ1) is 10.2. The monoisotopic (exact) mass is 351 g/mol. The van der Waals surface area contributed by atoms with Gasteiger partial charge in [0.25, 0.3) is 5.91 Å². The van der Waals surface area contributed by atoms with E-state index in [2.05, 4.69) is 40.7 Å². The maximum atomic E-state index is 12.7. The molecule has 0 saturated carbocycles. The van der Waals surface area contributed by atoms with E-state index >= 15 is 0 Å². The van der Waals surface area contributed by atoms with Crippen LogP contribution >= 0.6 is 15.9 Å². The highest BCUT2D eigenvalue weighted by Gasteiger charge is 2.33. The molecule has 2 nitrogen and oxygen atoms in total. The van der Waals surface area contributed by atoms with Crippen LogP contribution in [0.4, 0.5) is 0 Å². The Morgan fingerprint density at radius 1 is 1.19 bits per heavy atom. The van der Waals surface area contributed by atoms with Crippen LogP contribution < -0.4 is 0 Å². The molecule has 0 atom stereocenters. The van der Waals surface area contributed by atoms with Crippen LogP contribution in [0.2, 0.25) is 0 Å². The number of nitrogens with zero attached hydrogens (tertiary/aromatic N) is 1. The van der Waals surface area contributed by atoms with Crippen molar-refractivity contribution in [3.05, 3.63) is 35.4 Å². The summed E-state index contributed by atoms with van der Waals surface area (Å²) in [4.78, 5) is 14.8. The number of hydrogen-bond donors (Lipinski definition) is 0. The topological polar surface area (TPSA) is 20.3 Å². The molecule has 1 aliphatic heterocycles. The van der Waals surface area contributed by atoms with Crippen LogP contribution in [0.25, 0.3) is 0 Å². The van der Waals surface area contributed by atoms with E-state index in [1.807, 2.05) is 18.2 Å². The van der Waals surface area contributed by atoms with E-state index in [1.54, 1.807) is 0 Å². The maximum Gasteiger partial charge on any atom is 0.254 e. The first-order valence-electron chi connectivity index (χ1n) is 8.09. The summed E-state index contributed by atoms with van der Waals surface area (Å²) >= 11 is 3.72. The van der Waals surface area contributed by atoms with Crippen LogP contribution in [0, 0.1) is 5.41 Å². The Hall–Kier alpha value is -0.830. The molecule has 3 heteroatoms. The largest absolute Gasteiger partial charge is 0.338 e. The highest BCUT2D eigenvalue weighted by molar-refractivity contribution is 9.09. The molecule has 1 amide bonds. The highest BCUT2D eigenvalue weighted by atomic mass is 79.9. The van der Waals surface area contributed by atoms with Crippen LogP contribution in [0.3, 0.4) is 0 Å². The fourth-order valence-electron chi connectivity index (χ4n) is 3.55. The van der Waals surface area contributed by atoms with E-state index in [0.717, 1.165) is 30.4 Å². The van der Waals surface area contributed by atoms with Crippen molar-refractivity contribution in [2.75, 3.05) is 18.4 Å². The van der Waals surface area contributed by atoms with Crippen molar-refractivity contribution in [1.82, 2.24) is 4.90 Å². The van der Waals surface area contributed by atoms with E-state index in [1.165, 1.54) is 31.2 Å². The Morgan fingerprint density at radius 3 is 2.48 bits per heavy atom. The molecule has 0 bridgehead atoms. The van der Waals surface area contributed by atoms with Crippen LogP contribution in [0.5, 0.6) is 0 Å². The molecule has 0 N–H and O–H groups in total. The Labute approximate surface area is 137 Å². The van der Waals surface area contributed by atoms with Crippen molar-refractivity contribution in [1.29, 1.82) is 0 Å². The zero-order valence-corrected chi connectivity index (χ0v) is 14.8. The number of alkyl halides is 1. The molecule has 21 heavy (non-hydrogen) atoms. The summed E-state index contributed by atoms with van der Waals surface area (Å²) in [6.07, 6.45) is 5.68. The van der Waals surface area contributed by atoms with Gasteiger partial charge in [-0.3, -0.25) is 4.79 Å². The summed E-state index contributed by atoms with van der Waals surface area (Å²) in [5.74, 6) is 0.217. The van der Waals surface area contributed by atoms with Gasteiger partial charge in [-0.05, 0) is 36.3 Å². The van der Waals surface area contributed by atoms with Gasteiger partial charge in [0.1, 0.15) is 0 Å². The summed E-state index contributed by atoms with van der Waals surface area (Å²) in [6.45, 7) is 6.21. The lowest BCUT2D eigenvalue weighted by Crippen LogP contribution is -2.45. The first kappa shape index (κ1) is 16.5. The van der Waals surface area contributed by atoms with Gasteiger partial charge >= 0.3 is 0 Å². The van der Waals surface area contributed by atoms with Gasteiger partial charge in [-0.2, -0.15) is 0 Å². The van der Waals surface area contributed by atoms with Gasteiger partial charge < -0.3 is 4.90 Å². The molecular formula is C18H26BrNO. The van der Waals surface area contributed by atoms with Crippen molar-refractivity contribution in [2.24, 2.45) is 5.41 Å². The standard InChI is InChI=1S/C18H26BrNO/c1-3-10-18(13-19,11-4-2)14-20-12-9-15-7-5-6-8-16(15)17(20)21/h5-8H,3-4,9-14H2,1-2H3. The fourth-order valence-corrected chi connectivity index (χ4v) is 4.29. The minimum absolute atomic E-state index is 0.217. The summed E-state index contributed by atoms with van der Waals surface area (Å²) in [5, 5.41) is 0.979. The van der Waals surface area contributed by atoms with Gasteiger partial charge in [-0.15, -0.1) is 0 Å². The van der Waals surface area contributed by atoms with E-state index < -0.39 is 0 Å². The summed E-state index contributed by atoms with van der Waals surface area (Å²) in [7, 11) is 0. The molecule has 0 unspecified atom stereocenters. The van der Waals surface area contributed by atoms with Gasteiger partial charge in [0.05, 0.1) is 0 Å². The molecule has 1 aromatic rings.